The standard InChI is InChI=1S/C18H18N2O3/c1-13-3-8-16(9-4-13)14(2)19-18(21)12-7-15-5-10-17(11-6-15)20(22)23/h3-12,14H,1-2H3,(H,19,21)/b12-7+. The maximum atomic E-state index is 11.9. The molecule has 0 saturated carbocycles. The summed E-state index contributed by atoms with van der Waals surface area (Å²) in [5.74, 6) is -0.212. The first kappa shape index (κ1) is 16.4. The van der Waals surface area contributed by atoms with Crippen molar-refractivity contribution < 1.29 is 9.72 Å². The lowest BCUT2D eigenvalue weighted by Gasteiger charge is -2.13. The number of nitrogens with one attached hydrogen (secondary N) is 1. The summed E-state index contributed by atoms with van der Waals surface area (Å²) in [6.45, 7) is 3.93. The molecule has 2 aromatic carbocycles. The Kier molecular flexibility index (Phi) is 5.25. The lowest BCUT2D eigenvalue weighted by molar-refractivity contribution is -0.384. The van der Waals surface area contributed by atoms with Gasteiger partial charge in [-0.3, -0.25) is 14.9 Å². The maximum absolute atomic E-state index is 11.9. The van der Waals surface area contributed by atoms with Gasteiger partial charge in [0.15, 0.2) is 0 Å². The van der Waals surface area contributed by atoms with Crippen molar-refractivity contribution in [2.75, 3.05) is 0 Å². The Morgan fingerprint density at radius 2 is 1.74 bits per heavy atom. The summed E-state index contributed by atoms with van der Waals surface area (Å²) in [6, 6.07) is 13.9. The fourth-order valence-electron chi connectivity index (χ4n) is 2.08. The highest BCUT2D eigenvalue weighted by Gasteiger charge is 2.07. The summed E-state index contributed by atoms with van der Waals surface area (Å²) in [4.78, 5) is 22.1. The average molecular weight is 310 g/mol. The molecular weight excluding hydrogens is 292 g/mol. The van der Waals surface area contributed by atoms with Gasteiger partial charge in [0.25, 0.3) is 5.69 Å². The fraction of sp³-hybridized carbons (Fsp3) is 0.167. The molecule has 0 saturated heterocycles. The lowest BCUT2D eigenvalue weighted by atomic mass is 10.1. The molecule has 1 atom stereocenters. The lowest BCUT2D eigenvalue weighted by Crippen LogP contribution is -2.24. The summed E-state index contributed by atoms with van der Waals surface area (Å²) in [7, 11) is 0. The molecule has 2 aromatic rings. The van der Waals surface area contributed by atoms with E-state index in [9.17, 15) is 14.9 Å². The van der Waals surface area contributed by atoms with E-state index in [1.807, 2.05) is 38.1 Å². The van der Waals surface area contributed by atoms with Crippen molar-refractivity contribution in [1.29, 1.82) is 0 Å². The van der Waals surface area contributed by atoms with Crippen LogP contribution < -0.4 is 5.32 Å². The highest BCUT2D eigenvalue weighted by atomic mass is 16.6. The quantitative estimate of drug-likeness (QED) is 0.519. The Bertz CT molecular complexity index is 719. The predicted octanol–water partition coefficient (Wildman–Crippen LogP) is 3.79. The van der Waals surface area contributed by atoms with Gasteiger partial charge in [0.1, 0.15) is 0 Å². The highest BCUT2D eigenvalue weighted by Crippen LogP contribution is 2.14. The minimum Gasteiger partial charge on any atom is -0.346 e. The van der Waals surface area contributed by atoms with E-state index in [0.717, 1.165) is 11.1 Å². The van der Waals surface area contributed by atoms with Gasteiger partial charge in [0.2, 0.25) is 5.91 Å². The third-order valence-electron chi connectivity index (χ3n) is 3.47. The molecule has 5 heteroatoms. The number of nitrogens with zero attached hydrogens (tertiary/aromatic N) is 1. The van der Waals surface area contributed by atoms with Crippen LogP contribution in [-0.2, 0) is 4.79 Å². The molecule has 2 rings (SSSR count). The predicted molar refractivity (Wildman–Crippen MR) is 89.9 cm³/mol. The number of hydrogen-bond acceptors (Lipinski definition) is 3. The summed E-state index contributed by atoms with van der Waals surface area (Å²) in [6.07, 6.45) is 3.05. The van der Waals surface area contributed by atoms with Gasteiger partial charge in [-0.2, -0.15) is 0 Å². The first-order chi connectivity index (χ1) is 11.0. The Labute approximate surface area is 134 Å². The van der Waals surface area contributed by atoms with Gasteiger partial charge in [-0.15, -0.1) is 0 Å². The summed E-state index contributed by atoms with van der Waals surface area (Å²) < 4.78 is 0. The smallest absolute Gasteiger partial charge is 0.269 e. The van der Waals surface area contributed by atoms with Crippen LogP contribution in [0.4, 0.5) is 5.69 Å². The molecule has 23 heavy (non-hydrogen) atoms. The van der Waals surface area contributed by atoms with Gasteiger partial charge in [-0.05, 0) is 43.2 Å². The van der Waals surface area contributed by atoms with Crippen molar-refractivity contribution in [2.45, 2.75) is 19.9 Å². The van der Waals surface area contributed by atoms with E-state index in [0.29, 0.717) is 0 Å². The van der Waals surface area contributed by atoms with Gasteiger partial charge >= 0.3 is 0 Å². The summed E-state index contributed by atoms with van der Waals surface area (Å²) in [5.41, 5.74) is 2.96. The number of amides is 1. The number of benzene rings is 2. The maximum Gasteiger partial charge on any atom is 0.269 e. The van der Waals surface area contributed by atoms with Crippen LogP contribution in [0.25, 0.3) is 6.08 Å². The van der Waals surface area contributed by atoms with Crippen molar-refractivity contribution in [3.63, 3.8) is 0 Å². The van der Waals surface area contributed by atoms with Crippen LogP contribution in [-0.4, -0.2) is 10.8 Å². The third-order valence-corrected chi connectivity index (χ3v) is 3.47. The summed E-state index contributed by atoms with van der Waals surface area (Å²) in [5, 5.41) is 13.5. The number of nitro benzene ring substituents is 1. The van der Waals surface area contributed by atoms with Crippen LogP contribution >= 0.6 is 0 Å². The fourth-order valence-corrected chi connectivity index (χ4v) is 2.08. The average Bonchev–Trinajstić information content (AvgIpc) is 2.54. The van der Waals surface area contributed by atoms with Crippen LogP contribution in [0.2, 0.25) is 0 Å². The second-order valence-electron chi connectivity index (χ2n) is 5.32. The first-order valence-corrected chi connectivity index (χ1v) is 7.25. The van der Waals surface area contributed by atoms with Crippen LogP contribution in [0.3, 0.4) is 0 Å². The molecule has 1 N–H and O–H groups in total. The number of nitro groups is 1. The van der Waals surface area contributed by atoms with Gasteiger partial charge in [0.05, 0.1) is 11.0 Å². The third kappa shape index (κ3) is 4.78. The molecule has 0 aliphatic rings. The van der Waals surface area contributed by atoms with E-state index in [4.69, 9.17) is 0 Å². The van der Waals surface area contributed by atoms with Crippen molar-refractivity contribution in [3.8, 4) is 0 Å². The summed E-state index contributed by atoms with van der Waals surface area (Å²) >= 11 is 0. The van der Waals surface area contributed by atoms with E-state index < -0.39 is 4.92 Å². The van der Waals surface area contributed by atoms with Crippen molar-refractivity contribution in [1.82, 2.24) is 5.32 Å². The second kappa shape index (κ2) is 7.35. The monoisotopic (exact) mass is 310 g/mol. The van der Waals surface area contributed by atoms with Gasteiger partial charge in [-0.25, -0.2) is 0 Å². The van der Waals surface area contributed by atoms with Crippen molar-refractivity contribution in [2.24, 2.45) is 0 Å². The molecule has 0 heterocycles. The molecule has 0 aliphatic heterocycles. The molecule has 5 nitrogen and oxygen atoms in total. The van der Waals surface area contributed by atoms with Crippen LogP contribution in [0, 0.1) is 17.0 Å². The number of aryl methyl sites for hydroxylation is 1. The zero-order chi connectivity index (χ0) is 16.8. The number of rotatable bonds is 5. The van der Waals surface area contributed by atoms with Crippen LogP contribution in [0.5, 0.6) is 0 Å². The molecule has 118 valence electrons. The van der Waals surface area contributed by atoms with E-state index in [2.05, 4.69) is 5.32 Å². The molecule has 0 aromatic heterocycles. The molecule has 0 radical (unpaired) electrons. The zero-order valence-electron chi connectivity index (χ0n) is 13.0. The molecule has 0 fully saturated rings. The van der Waals surface area contributed by atoms with Crippen LogP contribution in [0.1, 0.15) is 29.7 Å². The SMILES string of the molecule is Cc1ccc(C(C)NC(=O)/C=C/c2ccc([N+](=O)[O-])cc2)cc1. The van der Waals surface area contributed by atoms with Crippen molar-refractivity contribution >= 4 is 17.7 Å². The first-order valence-electron chi connectivity index (χ1n) is 7.25. The largest absolute Gasteiger partial charge is 0.346 e. The molecule has 0 bridgehead atoms. The van der Waals surface area contributed by atoms with Crippen LogP contribution in [0.15, 0.2) is 54.6 Å². The highest BCUT2D eigenvalue weighted by molar-refractivity contribution is 5.92. The topological polar surface area (TPSA) is 72.2 Å². The second-order valence-corrected chi connectivity index (χ2v) is 5.32. The zero-order valence-corrected chi connectivity index (χ0v) is 13.0. The van der Waals surface area contributed by atoms with E-state index in [1.54, 1.807) is 18.2 Å². The Morgan fingerprint density at radius 1 is 1.13 bits per heavy atom. The number of hydrogen-bond donors (Lipinski definition) is 1. The van der Waals surface area contributed by atoms with E-state index >= 15 is 0 Å². The molecule has 1 unspecified atom stereocenters. The normalized spacial score (nSPS) is 12.1. The van der Waals surface area contributed by atoms with Gasteiger partial charge < -0.3 is 5.32 Å². The Balaban J connectivity index is 1.95. The molecule has 1 amide bonds. The molecule has 0 aliphatic carbocycles. The number of carbonyl (C=O) groups excluding carboxylic acids is 1. The Morgan fingerprint density at radius 3 is 2.30 bits per heavy atom. The van der Waals surface area contributed by atoms with Crippen molar-refractivity contribution in [3.05, 3.63) is 81.4 Å². The molecular formula is C18H18N2O3. The molecule has 0 spiro atoms. The van der Waals surface area contributed by atoms with Gasteiger partial charge in [0, 0.05) is 18.2 Å². The minimum absolute atomic E-state index is 0.0274. The minimum atomic E-state index is -0.455. The Hall–Kier alpha value is -2.95. The number of carbonyl (C=O) groups is 1. The van der Waals surface area contributed by atoms with E-state index in [-0.39, 0.29) is 17.6 Å². The number of non-ortho nitro benzene ring substituents is 1. The van der Waals surface area contributed by atoms with Gasteiger partial charge in [-0.1, -0.05) is 29.8 Å². The van der Waals surface area contributed by atoms with E-state index in [1.165, 1.54) is 23.8 Å².